The average molecular weight is 394 g/mol. The fraction of sp³-hybridized carbons (Fsp3) is 0.478. The normalized spacial score (nSPS) is 28.5. The Bertz CT molecular complexity index is 966. The molecule has 0 bridgehead atoms. The Morgan fingerprint density at radius 3 is 2.57 bits per heavy atom. The highest BCUT2D eigenvalue weighted by atomic mass is 19.4. The van der Waals surface area contributed by atoms with Crippen molar-refractivity contribution in [1.29, 1.82) is 0 Å². The molecule has 0 radical (unpaired) electrons. The number of benzene rings is 2. The molecule has 1 N–H and O–H groups in total. The summed E-state index contributed by atoms with van der Waals surface area (Å²) < 4.78 is 76.8. The fourth-order valence-corrected chi connectivity index (χ4v) is 4.88. The highest BCUT2D eigenvalue weighted by Gasteiger charge is 2.54. The monoisotopic (exact) mass is 394 g/mol. The summed E-state index contributed by atoms with van der Waals surface area (Å²) in [6.07, 6.45) is -2.16. The topological polar surface area (TPSA) is 12.0 Å². The molecule has 5 heteroatoms. The van der Waals surface area contributed by atoms with E-state index in [2.05, 4.69) is 5.32 Å². The molecule has 0 amide bonds. The average Bonchev–Trinajstić information content (AvgIpc) is 3.10. The summed E-state index contributed by atoms with van der Waals surface area (Å²) in [6, 6.07) is 11.4. The summed E-state index contributed by atoms with van der Waals surface area (Å²) in [5.41, 5.74) is -1.08. The molecular formula is C23H25F4N. The van der Waals surface area contributed by atoms with Crippen LogP contribution in [0.4, 0.5) is 17.6 Å². The molecule has 1 fully saturated rings. The van der Waals surface area contributed by atoms with Gasteiger partial charge in [0.25, 0.3) is 0 Å². The molecule has 1 aliphatic heterocycles. The predicted octanol–water partition coefficient (Wildman–Crippen LogP) is 5.53. The van der Waals surface area contributed by atoms with Crippen LogP contribution in [0.3, 0.4) is 0 Å². The summed E-state index contributed by atoms with van der Waals surface area (Å²) in [5.74, 6) is 0. The van der Waals surface area contributed by atoms with Crippen molar-refractivity contribution in [3.63, 3.8) is 0 Å². The van der Waals surface area contributed by atoms with E-state index in [1.165, 1.54) is 12.1 Å². The number of alkyl halides is 4. The van der Waals surface area contributed by atoms with E-state index in [0.29, 0.717) is 19.8 Å². The molecule has 3 unspecified atom stereocenters. The summed E-state index contributed by atoms with van der Waals surface area (Å²) in [4.78, 5) is 0. The van der Waals surface area contributed by atoms with E-state index >= 15 is 0 Å². The van der Waals surface area contributed by atoms with Crippen molar-refractivity contribution in [3.05, 3.63) is 70.3 Å². The van der Waals surface area contributed by atoms with Gasteiger partial charge < -0.3 is 5.32 Å². The van der Waals surface area contributed by atoms with E-state index in [1.807, 2.05) is 12.1 Å². The molecule has 28 heavy (non-hydrogen) atoms. The summed E-state index contributed by atoms with van der Waals surface area (Å²) in [7, 11) is 0. The number of fused-ring (bicyclic) bond motifs is 3. The number of aryl methyl sites for hydroxylation is 2. The fourth-order valence-electron chi connectivity index (χ4n) is 4.88. The Morgan fingerprint density at radius 2 is 1.89 bits per heavy atom. The molecule has 1 heterocycles. The van der Waals surface area contributed by atoms with Crippen LogP contribution in [0.1, 0.15) is 51.7 Å². The highest BCUT2D eigenvalue weighted by molar-refractivity contribution is 5.45. The van der Waals surface area contributed by atoms with E-state index in [0.717, 1.165) is 36.1 Å². The first-order chi connectivity index (χ1) is 14.3. The van der Waals surface area contributed by atoms with Crippen LogP contribution in [-0.2, 0) is 23.9 Å². The van der Waals surface area contributed by atoms with Gasteiger partial charge in [0.1, 0.15) is 0 Å². The first-order valence-electron chi connectivity index (χ1n) is 11.1. The van der Waals surface area contributed by atoms with Gasteiger partial charge in [-0.15, -0.1) is 0 Å². The van der Waals surface area contributed by atoms with Crippen molar-refractivity contribution in [2.75, 3.05) is 6.54 Å². The van der Waals surface area contributed by atoms with Crippen LogP contribution in [0.15, 0.2) is 42.5 Å². The standard InChI is InChI=1S/C23H25F4N/c1-15-3-5-16(6-4-15)14-22-11-12-28-20(22)10-7-17-13-18(8-9-19(17)22)21(2,24)23(25,26)27/h3-6,8-9,13,20,28H,7,10-12,14H2,1-2H3/i1D3. The van der Waals surface area contributed by atoms with Crippen LogP contribution in [0.25, 0.3) is 0 Å². The van der Waals surface area contributed by atoms with Crippen LogP contribution in [0, 0.1) is 6.85 Å². The van der Waals surface area contributed by atoms with Gasteiger partial charge in [0.2, 0.25) is 5.67 Å². The first-order valence-corrected chi connectivity index (χ1v) is 9.57. The van der Waals surface area contributed by atoms with E-state index < -0.39 is 18.7 Å². The van der Waals surface area contributed by atoms with Crippen LogP contribution >= 0.6 is 0 Å². The van der Waals surface area contributed by atoms with Crippen LogP contribution in [0.2, 0.25) is 0 Å². The molecule has 1 nitrogen and oxygen atoms in total. The Morgan fingerprint density at radius 1 is 1.14 bits per heavy atom. The molecule has 2 aliphatic rings. The molecule has 0 spiro atoms. The maximum atomic E-state index is 14.6. The van der Waals surface area contributed by atoms with Crippen molar-refractivity contribution in [2.24, 2.45) is 0 Å². The molecule has 1 aliphatic carbocycles. The first kappa shape index (κ1) is 16.0. The number of rotatable bonds is 3. The molecule has 0 aromatic heterocycles. The summed E-state index contributed by atoms with van der Waals surface area (Å²) in [6.45, 7) is -0.804. The zero-order chi connectivity index (χ0) is 22.7. The smallest absolute Gasteiger partial charge is 0.313 e. The molecule has 150 valence electrons. The third-order valence-corrected chi connectivity index (χ3v) is 6.52. The van der Waals surface area contributed by atoms with E-state index in [9.17, 15) is 17.6 Å². The minimum atomic E-state index is -4.98. The lowest BCUT2D eigenvalue weighted by Gasteiger charge is -2.42. The maximum absolute atomic E-state index is 14.6. The Balaban J connectivity index is 1.71. The lowest BCUT2D eigenvalue weighted by Crippen LogP contribution is -2.46. The molecule has 0 saturated carbocycles. The van der Waals surface area contributed by atoms with Gasteiger partial charge in [-0.3, -0.25) is 0 Å². The molecule has 2 aromatic rings. The third kappa shape index (κ3) is 3.04. The molecule has 1 saturated heterocycles. The Kier molecular flexibility index (Phi) is 3.76. The lowest BCUT2D eigenvalue weighted by atomic mass is 9.63. The van der Waals surface area contributed by atoms with Crippen molar-refractivity contribution >= 4 is 0 Å². The largest absolute Gasteiger partial charge is 0.426 e. The second kappa shape index (κ2) is 6.58. The van der Waals surface area contributed by atoms with E-state index in [1.54, 1.807) is 18.2 Å². The van der Waals surface area contributed by atoms with Crippen molar-refractivity contribution < 1.29 is 21.7 Å². The molecule has 4 rings (SSSR count). The van der Waals surface area contributed by atoms with Crippen LogP contribution < -0.4 is 5.32 Å². The van der Waals surface area contributed by atoms with Gasteiger partial charge in [0.05, 0.1) is 0 Å². The predicted molar refractivity (Wildman–Crippen MR) is 102 cm³/mol. The molecular weight excluding hydrogens is 366 g/mol. The van der Waals surface area contributed by atoms with Gasteiger partial charge in [-0.05, 0) is 68.3 Å². The van der Waals surface area contributed by atoms with Gasteiger partial charge in [-0.1, -0.05) is 48.0 Å². The molecule has 2 aromatic carbocycles. The van der Waals surface area contributed by atoms with Crippen LogP contribution in [-0.4, -0.2) is 18.8 Å². The van der Waals surface area contributed by atoms with Gasteiger partial charge in [0.15, 0.2) is 0 Å². The minimum Gasteiger partial charge on any atom is -0.313 e. The Labute approximate surface area is 167 Å². The maximum Gasteiger partial charge on any atom is 0.426 e. The van der Waals surface area contributed by atoms with Crippen molar-refractivity contribution in [3.8, 4) is 0 Å². The van der Waals surface area contributed by atoms with E-state index in [-0.39, 0.29) is 22.6 Å². The second-order valence-corrected chi connectivity index (χ2v) is 8.20. The van der Waals surface area contributed by atoms with E-state index in [4.69, 9.17) is 4.11 Å². The third-order valence-electron chi connectivity index (χ3n) is 6.52. The SMILES string of the molecule is [2H]C([2H])([2H])c1ccc(CC23CCNC2CCc2cc(C(C)(F)C(F)(F)F)ccc23)cc1. The summed E-state index contributed by atoms with van der Waals surface area (Å²) in [5, 5.41) is 3.52. The summed E-state index contributed by atoms with van der Waals surface area (Å²) >= 11 is 0. The zero-order valence-corrected chi connectivity index (χ0v) is 15.7. The van der Waals surface area contributed by atoms with Gasteiger partial charge in [-0.25, -0.2) is 4.39 Å². The quantitative estimate of drug-likeness (QED) is 0.675. The van der Waals surface area contributed by atoms with Gasteiger partial charge in [-0.2, -0.15) is 13.2 Å². The highest BCUT2D eigenvalue weighted by Crippen LogP contribution is 2.48. The molecule has 3 atom stereocenters. The second-order valence-electron chi connectivity index (χ2n) is 8.20. The lowest BCUT2D eigenvalue weighted by molar-refractivity contribution is -0.228. The Hall–Kier alpha value is -1.88. The number of halogens is 4. The number of hydrogen-bond donors (Lipinski definition) is 1. The number of hydrogen-bond acceptors (Lipinski definition) is 1. The van der Waals surface area contributed by atoms with Crippen LogP contribution in [0.5, 0.6) is 0 Å². The number of nitrogens with one attached hydrogen (secondary N) is 1. The zero-order valence-electron chi connectivity index (χ0n) is 18.7. The van der Waals surface area contributed by atoms with Gasteiger partial charge in [0, 0.05) is 15.6 Å². The minimum absolute atomic E-state index is 0.174. The van der Waals surface area contributed by atoms with Crippen molar-refractivity contribution in [1.82, 2.24) is 5.32 Å². The van der Waals surface area contributed by atoms with Gasteiger partial charge >= 0.3 is 6.18 Å². The van der Waals surface area contributed by atoms with Crippen molar-refractivity contribution in [2.45, 2.75) is 62.8 Å².